The number of nitrogens with two attached hydrogens (primary N) is 1. The van der Waals surface area contributed by atoms with E-state index in [4.69, 9.17) is 27.1 Å². The van der Waals surface area contributed by atoms with Crippen LogP contribution in [0.1, 0.15) is 50.7 Å². The first-order valence-corrected chi connectivity index (χ1v) is 16.5. The Kier molecular flexibility index (Phi) is 6.78. The number of halogens is 5. The average Bonchev–Trinajstić information content (AvgIpc) is 3.68. The van der Waals surface area contributed by atoms with E-state index in [2.05, 4.69) is 38.9 Å². The van der Waals surface area contributed by atoms with E-state index in [0.717, 1.165) is 63.2 Å². The van der Waals surface area contributed by atoms with Gasteiger partial charge in [-0.15, -0.1) is 0 Å². The molecular formula is C33H38ClF4N7O. The first-order chi connectivity index (χ1) is 21.7. The van der Waals surface area contributed by atoms with Crippen LogP contribution < -0.4 is 20.7 Å². The summed E-state index contributed by atoms with van der Waals surface area (Å²) in [5.74, 6) is 0.783. The van der Waals surface area contributed by atoms with Crippen LogP contribution in [0.25, 0.3) is 22.2 Å². The van der Waals surface area contributed by atoms with Crippen molar-refractivity contribution in [3.05, 3.63) is 34.1 Å². The number of aromatic nitrogens is 3. The van der Waals surface area contributed by atoms with Crippen molar-refractivity contribution in [2.45, 2.75) is 64.7 Å². The summed E-state index contributed by atoms with van der Waals surface area (Å²) in [4.78, 5) is 17.8. The van der Waals surface area contributed by atoms with E-state index in [0.29, 0.717) is 36.3 Å². The summed E-state index contributed by atoms with van der Waals surface area (Å²) >= 11 is 6.62. The molecule has 0 spiro atoms. The van der Waals surface area contributed by atoms with Crippen molar-refractivity contribution in [2.24, 2.45) is 22.7 Å². The number of rotatable bonds is 7. The molecule has 3 saturated heterocycles. The second-order valence-electron chi connectivity index (χ2n) is 14.9. The van der Waals surface area contributed by atoms with Crippen molar-refractivity contribution in [1.29, 1.82) is 0 Å². The molecule has 46 heavy (non-hydrogen) atoms. The molecular weight excluding hydrogens is 622 g/mol. The van der Waals surface area contributed by atoms with Crippen molar-refractivity contribution in [3.63, 3.8) is 0 Å². The van der Waals surface area contributed by atoms with Crippen LogP contribution in [-0.2, 0) is 6.18 Å². The highest BCUT2D eigenvalue weighted by Crippen LogP contribution is 2.62. The zero-order chi connectivity index (χ0) is 32.3. The summed E-state index contributed by atoms with van der Waals surface area (Å²) < 4.78 is 65.8. The maximum atomic E-state index is 16.7. The van der Waals surface area contributed by atoms with Crippen LogP contribution in [0.3, 0.4) is 0 Å². The Balaban J connectivity index is 1.17. The SMILES string of the molecule is Cc1cc(N)nc(-c2c(Cl)cc3c(N4CC5CCC(C4)N5)nc(OCC4(CN5CC6C(C5)C6(C)C)CC4)nc3c2F)c1C(F)(F)F. The smallest absolute Gasteiger partial charge is 0.418 e. The number of likely N-dealkylation sites (tertiary alicyclic amines) is 1. The van der Waals surface area contributed by atoms with Gasteiger partial charge in [-0.1, -0.05) is 25.4 Å². The third kappa shape index (κ3) is 5.06. The number of piperidine rings is 1. The Labute approximate surface area is 270 Å². The zero-order valence-electron chi connectivity index (χ0n) is 26.1. The monoisotopic (exact) mass is 659 g/mol. The molecule has 8 nitrogen and oxygen atoms in total. The second kappa shape index (κ2) is 10.3. The van der Waals surface area contributed by atoms with E-state index in [1.165, 1.54) is 13.0 Å². The van der Waals surface area contributed by atoms with E-state index in [1.54, 1.807) is 0 Å². The maximum Gasteiger partial charge on any atom is 0.418 e. The van der Waals surface area contributed by atoms with Gasteiger partial charge in [-0.25, -0.2) is 9.37 Å². The Bertz CT molecular complexity index is 1720. The van der Waals surface area contributed by atoms with Gasteiger partial charge in [-0.2, -0.15) is 23.1 Å². The van der Waals surface area contributed by atoms with Crippen molar-refractivity contribution in [1.82, 2.24) is 25.2 Å². The number of alkyl halides is 3. The highest BCUT2D eigenvalue weighted by atomic mass is 35.5. The number of ether oxygens (including phenoxy) is 1. The minimum Gasteiger partial charge on any atom is -0.463 e. The van der Waals surface area contributed by atoms with Crippen LogP contribution in [0.15, 0.2) is 12.1 Å². The Morgan fingerprint density at radius 1 is 1.04 bits per heavy atom. The van der Waals surface area contributed by atoms with Gasteiger partial charge < -0.3 is 25.6 Å². The molecule has 5 heterocycles. The molecule has 4 atom stereocenters. The number of hydrogen-bond acceptors (Lipinski definition) is 8. The largest absolute Gasteiger partial charge is 0.463 e. The number of fused-ring (bicyclic) bond motifs is 4. The molecule has 2 bridgehead atoms. The number of benzene rings is 1. The molecule has 3 aromatic rings. The summed E-state index contributed by atoms with van der Waals surface area (Å²) in [7, 11) is 0. The standard InChI is InChI=1S/C33H38ClF4N7O/c1-16-8-23(39)41-28(25(16)33(36,37)38)24-22(34)9-19-27(26(24)35)42-30(43-29(19)45-10-17-4-5-18(11-45)40-17)46-15-32(6-7-32)14-44-12-20-21(13-44)31(20,2)3/h8-9,17-18,20-21,40H,4-7,10-15H2,1-3H3,(H2,39,41). The molecule has 0 amide bonds. The molecule has 2 aromatic heterocycles. The van der Waals surface area contributed by atoms with E-state index < -0.39 is 28.8 Å². The number of nitrogen functional groups attached to an aromatic ring is 1. The summed E-state index contributed by atoms with van der Waals surface area (Å²) in [6.45, 7) is 10.8. The van der Waals surface area contributed by atoms with E-state index in [1.807, 2.05) is 0 Å². The molecule has 1 aromatic carbocycles. The lowest BCUT2D eigenvalue weighted by molar-refractivity contribution is -0.137. The first-order valence-electron chi connectivity index (χ1n) is 16.1. The molecule has 5 aliphatic rings. The van der Waals surface area contributed by atoms with Crippen molar-refractivity contribution >= 4 is 34.1 Å². The topological polar surface area (TPSA) is 92.4 Å². The predicted octanol–water partition coefficient (Wildman–Crippen LogP) is 6.08. The van der Waals surface area contributed by atoms with Gasteiger partial charge in [-0.3, -0.25) is 0 Å². The molecule has 8 rings (SSSR count). The number of hydrogen-bond donors (Lipinski definition) is 2. The third-order valence-electron chi connectivity index (χ3n) is 11.3. The highest BCUT2D eigenvalue weighted by molar-refractivity contribution is 6.34. The Morgan fingerprint density at radius 3 is 2.35 bits per heavy atom. The zero-order valence-corrected chi connectivity index (χ0v) is 26.9. The number of piperazine rings is 1. The van der Waals surface area contributed by atoms with E-state index in [9.17, 15) is 13.2 Å². The van der Waals surface area contributed by atoms with Crippen molar-refractivity contribution < 1.29 is 22.3 Å². The quantitative estimate of drug-likeness (QED) is 0.295. The van der Waals surface area contributed by atoms with Gasteiger partial charge >= 0.3 is 12.2 Å². The normalized spacial score (nSPS) is 27.7. The van der Waals surface area contributed by atoms with Crippen LogP contribution in [0.5, 0.6) is 6.01 Å². The minimum absolute atomic E-state index is 0.00462. The van der Waals surface area contributed by atoms with Gasteiger partial charge in [0.25, 0.3) is 0 Å². The molecule has 246 valence electrons. The van der Waals surface area contributed by atoms with Crippen molar-refractivity contribution in [3.8, 4) is 17.3 Å². The fourth-order valence-corrected chi connectivity index (χ4v) is 8.73. The number of nitrogens with one attached hydrogen (secondary N) is 1. The highest BCUT2D eigenvalue weighted by Gasteiger charge is 2.62. The van der Waals surface area contributed by atoms with Crippen LogP contribution >= 0.6 is 11.6 Å². The van der Waals surface area contributed by atoms with Crippen molar-refractivity contribution in [2.75, 3.05) is 50.0 Å². The lowest BCUT2D eigenvalue weighted by Gasteiger charge is -2.34. The predicted molar refractivity (Wildman–Crippen MR) is 168 cm³/mol. The van der Waals surface area contributed by atoms with Gasteiger partial charge in [0.15, 0.2) is 5.82 Å². The van der Waals surface area contributed by atoms with Gasteiger partial charge in [-0.05, 0) is 67.6 Å². The van der Waals surface area contributed by atoms with Crippen LogP contribution in [-0.4, -0.2) is 71.3 Å². The van der Waals surface area contributed by atoms with Gasteiger partial charge in [0.05, 0.1) is 28.5 Å². The van der Waals surface area contributed by atoms with Crippen LogP contribution in [0.2, 0.25) is 5.02 Å². The molecule has 3 N–H and O–H groups in total. The number of anilines is 2. The summed E-state index contributed by atoms with van der Waals surface area (Å²) in [5.41, 5.74) is 3.69. The van der Waals surface area contributed by atoms with E-state index >= 15 is 4.39 Å². The first kappa shape index (κ1) is 30.4. The second-order valence-corrected chi connectivity index (χ2v) is 15.3. The molecule has 4 unspecified atom stereocenters. The fourth-order valence-electron chi connectivity index (χ4n) is 8.45. The average molecular weight is 660 g/mol. The van der Waals surface area contributed by atoms with Crippen LogP contribution in [0.4, 0.5) is 29.2 Å². The Hall–Kier alpha value is -2.96. The van der Waals surface area contributed by atoms with Gasteiger partial charge in [0.2, 0.25) is 0 Å². The summed E-state index contributed by atoms with van der Waals surface area (Å²) in [6.07, 6.45) is -0.728. The lowest BCUT2D eigenvalue weighted by atomic mass is 9.99. The third-order valence-corrected chi connectivity index (χ3v) is 11.6. The van der Waals surface area contributed by atoms with Crippen LogP contribution in [0, 0.1) is 35.4 Å². The molecule has 0 radical (unpaired) electrons. The molecule has 13 heteroatoms. The number of aryl methyl sites for hydroxylation is 1. The molecule has 3 aliphatic heterocycles. The molecule has 5 fully saturated rings. The van der Waals surface area contributed by atoms with Gasteiger partial charge in [0, 0.05) is 55.6 Å². The minimum atomic E-state index is -4.82. The van der Waals surface area contributed by atoms with E-state index in [-0.39, 0.29) is 45.4 Å². The Morgan fingerprint density at radius 2 is 1.72 bits per heavy atom. The summed E-state index contributed by atoms with van der Waals surface area (Å²) in [5, 5.41) is 3.67. The number of pyridine rings is 1. The molecule has 2 aliphatic carbocycles. The summed E-state index contributed by atoms with van der Waals surface area (Å²) in [6, 6.07) is 3.08. The number of nitrogens with zero attached hydrogens (tertiary/aromatic N) is 5. The maximum absolute atomic E-state index is 16.7. The van der Waals surface area contributed by atoms with Gasteiger partial charge in [0.1, 0.15) is 17.2 Å². The fraction of sp³-hybridized carbons (Fsp3) is 0.606. The lowest BCUT2D eigenvalue weighted by Crippen LogP contribution is -2.51. The molecule has 2 saturated carbocycles.